The Labute approximate surface area is 139 Å². The molecular weight excluding hydrogens is 319 g/mol. The van der Waals surface area contributed by atoms with Gasteiger partial charge >= 0.3 is 0 Å². The third-order valence-electron chi connectivity index (χ3n) is 3.71. The van der Waals surface area contributed by atoms with Gasteiger partial charge in [-0.2, -0.15) is 0 Å². The van der Waals surface area contributed by atoms with Crippen LogP contribution >= 0.6 is 23.2 Å². The lowest BCUT2D eigenvalue weighted by Gasteiger charge is -2.13. The lowest BCUT2D eigenvalue weighted by molar-refractivity contribution is 0.160. The summed E-state index contributed by atoms with van der Waals surface area (Å²) in [6.45, 7) is 2.48. The molecule has 0 unspecified atom stereocenters. The van der Waals surface area contributed by atoms with Crippen molar-refractivity contribution in [3.8, 4) is 0 Å². The molecule has 5 heteroatoms. The predicted octanol–water partition coefficient (Wildman–Crippen LogP) is 4.83. The summed E-state index contributed by atoms with van der Waals surface area (Å²) in [5.74, 6) is 0.662. The van der Waals surface area contributed by atoms with Gasteiger partial charge in [0.05, 0.1) is 17.6 Å². The summed E-state index contributed by atoms with van der Waals surface area (Å²) < 4.78 is 2.01. The van der Waals surface area contributed by atoms with E-state index in [-0.39, 0.29) is 0 Å². The molecule has 3 rings (SSSR count). The van der Waals surface area contributed by atoms with Gasteiger partial charge in [0.25, 0.3) is 0 Å². The summed E-state index contributed by atoms with van der Waals surface area (Å²) in [4.78, 5) is 4.57. The Balaban J connectivity index is 2.11. The van der Waals surface area contributed by atoms with E-state index in [0.29, 0.717) is 28.8 Å². The van der Waals surface area contributed by atoms with Gasteiger partial charge in [0.1, 0.15) is 11.9 Å². The van der Waals surface area contributed by atoms with Crippen LogP contribution in [0.4, 0.5) is 0 Å². The average molecular weight is 335 g/mol. The highest BCUT2D eigenvalue weighted by molar-refractivity contribution is 6.35. The van der Waals surface area contributed by atoms with Crippen molar-refractivity contribution in [2.24, 2.45) is 0 Å². The van der Waals surface area contributed by atoms with Crippen molar-refractivity contribution in [3.05, 3.63) is 63.9 Å². The molecule has 0 spiro atoms. The molecular formula is C17H16Cl2N2O. The van der Waals surface area contributed by atoms with Crippen LogP contribution in [0.2, 0.25) is 10.0 Å². The van der Waals surface area contributed by atoms with E-state index in [9.17, 15) is 5.11 Å². The molecule has 0 aliphatic carbocycles. The Kier molecular flexibility index (Phi) is 4.39. The molecule has 1 heterocycles. The number of rotatable bonds is 4. The van der Waals surface area contributed by atoms with Crippen LogP contribution in [0.15, 0.2) is 42.5 Å². The topological polar surface area (TPSA) is 38.1 Å². The first-order valence-corrected chi connectivity index (χ1v) is 7.93. The van der Waals surface area contributed by atoms with E-state index in [1.165, 1.54) is 0 Å². The molecule has 2 aromatic carbocycles. The van der Waals surface area contributed by atoms with Crippen molar-refractivity contribution in [3.63, 3.8) is 0 Å². The van der Waals surface area contributed by atoms with Crippen LogP contribution in [0.5, 0.6) is 0 Å². The molecule has 0 amide bonds. The number of halogens is 2. The zero-order valence-corrected chi connectivity index (χ0v) is 13.6. The normalized spacial score (nSPS) is 12.7. The number of aliphatic hydroxyl groups excluding tert-OH is 1. The average Bonchev–Trinajstić information content (AvgIpc) is 2.88. The minimum atomic E-state index is -0.599. The first-order valence-electron chi connectivity index (χ1n) is 7.17. The van der Waals surface area contributed by atoms with Crippen molar-refractivity contribution in [1.82, 2.24) is 9.55 Å². The van der Waals surface area contributed by atoms with E-state index < -0.39 is 6.10 Å². The standard InChI is InChI=1S/C17H16Cl2N2O/c1-2-16(22)17-20-14-5-3-4-6-15(14)21(17)10-11-7-8-12(18)9-13(11)19/h3-9,16,22H,2,10H2,1H3/t16-/m1/s1. The Morgan fingerprint density at radius 3 is 2.68 bits per heavy atom. The van der Waals surface area contributed by atoms with Gasteiger partial charge in [-0.3, -0.25) is 0 Å². The number of hydrogen-bond donors (Lipinski definition) is 1. The monoisotopic (exact) mass is 334 g/mol. The molecule has 1 atom stereocenters. The highest BCUT2D eigenvalue weighted by Crippen LogP contribution is 2.27. The third-order valence-corrected chi connectivity index (χ3v) is 4.30. The molecule has 0 fully saturated rings. The van der Waals surface area contributed by atoms with E-state index in [0.717, 1.165) is 16.6 Å². The number of benzene rings is 2. The second-order valence-electron chi connectivity index (χ2n) is 5.20. The minimum Gasteiger partial charge on any atom is -0.385 e. The molecule has 1 N–H and O–H groups in total. The quantitative estimate of drug-likeness (QED) is 0.741. The summed E-state index contributed by atoms with van der Waals surface area (Å²) in [5.41, 5.74) is 2.80. The molecule has 0 aliphatic rings. The number of imidazole rings is 1. The molecule has 0 bridgehead atoms. The van der Waals surface area contributed by atoms with Crippen LogP contribution in [0.1, 0.15) is 30.8 Å². The van der Waals surface area contributed by atoms with Crippen LogP contribution in [-0.4, -0.2) is 14.7 Å². The van der Waals surface area contributed by atoms with E-state index in [2.05, 4.69) is 4.98 Å². The van der Waals surface area contributed by atoms with E-state index in [1.54, 1.807) is 6.07 Å². The molecule has 0 saturated heterocycles. The largest absolute Gasteiger partial charge is 0.385 e. The van der Waals surface area contributed by atoms with Crippen LogP contribution in [0.3, 0.4) is 0 Å². The van der Waals surface area contributed by atoms with Gasteiger partial charge in [0, 0.05) is 10.0 Å². The summed E-state index contributed by atoms with van der Waals surface area (Å²) in [6.07, 6.45) is 0.0102. The van der Waals surface area contributed by atoms with E-state index in [4.69, 9.17) is 23.2 Å². The summed E-state index contributed by atoms with van der Waals surface area (Å²) in [6, 6.07) is 13.3. The fourth-order valence-corrected chi connectivity index (χ4v) is 2.99. The molecule has 114 valence electrons. The fourth-order valence-electron chi connectivity index (χ4n) is 2.52. The third kappa shape index (κ3) is 2.84. The highest BCUT2D eigenvalue weighted by Gasteiger charge is 2.17. The Bertz CT molecular complexity index is 814. The molecule has 0 saturated carbocycles. The van der Waals surface area contributed by atoms with Gasteiger partial charge in [0.2, 0.25) is 0 Å². The lowest BCUT2D eigenvalue weighted by Crippen LogP contribution is -2.09. The molecule has 3 nitrogen and oxygen atoms in total. The second kappa shape index (κ2) is 6.29. The summed E-state index contributed by atoms with van der Waals surface area (Å²) in [5, 5.41) is 11.5. The number of para-hydroxylation sites is 2. The first kappa shape index (κ1) is 15.3. The Morgan fingerprint density at radius 1 is 1.18 bits per heavy atom. The summed E-state index contributed by atoms with van der Waals surface area (Å²) in [7, 11) is 0. The van der Waals surface area contributed by atoms with Gasteiger partial charge in [-0.05, 0) is 36.2 Å². The van der Waals surface area contributed by atoms with E-state index >= 15 is 0 Å². The number of hydrogen-bond acceptors (Lipinski definition) is 2. The summed E-state index contributed by atoms with van der Waals surface area (Å²) >= 11 is 12.2. The first-order chi connectivity index (χ1) is 10.6. The SMILES string of the molecule is CC[C@@H](O)c1nc2ccccc2n1Cc1ccc(Cl)cc1Cl. The van der Waals surface area contributed by atoms with Gasteiger partial charge in [-0.1, -0.05) is 48.3 Å². The van der Waals surface area contributed by atoms with Crippen molar-refractivity contribution in [2.75, 3.05) is 0 Å². The van der Waals surface area contributed by atoms with Crippen LogP contribution in [0.25, 0.3) is 11.0 Å². The maximum Gasteiger partial charge on any atom is 0.139 e. The van der Waals surface area contributed by atoms with Gasteiger partial charge in [0.15, 0.2) is 0 Å². The molecule has 0 radical (unpaired) electrons. The second-order valence-corrected chi connectivity index (χ2v) is 6.05. The number of nitrogens with zero attached hydrogens (tertiary/aromatic N) is 2. The Hall–Kier alpha value is -1.55. The molecule has 1 aromatic heterocycles. The number of fused-ring (bicyclic) bond motifs is 1. The number of aromatic nitrogens is 2. The predicted molar refractivity (Wildman–Crippen MR) is 90.5 cm³/mol. The number of aliphatic hydroxyl groups is 1. The maximum atomic E-state index is 10.3. The molecule has 22 heavy (non-hydrogen) atoms. The fraction of sp³-hybridized carbons (Fsp3) is 0.235. The van der Waals surface area contributed by atoms with Crippen LogP contribution < -0.4 is 0 Å². The van der Waals surface area contributed by atoms with Crippen LogP contribution in [0, 0.1) is 0 Å². The van der Waals surface area contributed by atoms with E-state index in [1.807, 2.05) is 47.9 Å². The zero-order valence-electron chi connectivity index (χ0n) is 12.1. The smallest absolute Gasteiger partial charge is 0.139 e. The van der Waals surface area contributed by atoms with Crippen molar-refractivity contribution in [1.29, 1.82) is 0 Å². The minimum absolute atomic E-state index is 0.545. The molecule has 0 aliphatic heterocycles. The van der Waals surface area contributed by atoms with Crippen LogP contribution in [-0.2, 0) is 6.54 Å². The Morgan fingerprint density at radius 2 is 1.95 bits per heavy atom. The van der Waals surface area contributed by atoms with Crippen molar-refractivity contribution < 1.29 is 5.11 Å². The highest BCUT2D eigenvalue weighted by atomic mass is 35.5. The molecule has 3 aromatic rings. The van der Waals surface area contributed by atoms with Crippen molar-refractivity contribution in [2.45, 2.75) is 26.0 Å². The van der Waals surface area contributed by atoms with Crippen molar-refractivity contribution >= 4 is 34.2 Å². The van der Waals surface area contributed by atoms with Gasteiger partial charge in [-0.25, -0.2) is 4.98 Å². The maximum absolute atomic E-state index is 10.3. The lowest BCUT2D eigenvalue weighted by atomic mass is 10.2. The zero-order chi connectivity index (χ0) is 15.7. The van der Waals surface area contributed by atoms with Gasteiger partial charge in [-0.15, -0.1) is 0 Å². The van der Waals surface area contributed by atoms with Gasteiger partial charge < -0.3 is 9.67 Å².